The molecule has 2 N–H and O–H groups in total. The summed E-state index contributed by atoms with van der Waals surface area (Å²) in [5.74, 6) is -0.687. The van der Waals surface area contributed by atoms with Gasteiger partial charge in [-0.05, 0) is 39.3 Å². The maximum atomic E-state index is 11.5. The van der Waals surface area contributed by atoms with Crippen molar-refractivity contribution in [3.8, 4) is 0 Å². The van der Waals surface area contributed by atoms with Crippen LogP contribution >= 0.6 is 0 Å². The van der Waals surface area contributed by atoms with E-state index in [1.807, 2.05) is 18.9 Å². The van der Waals surface area contributed by atoms with Gasteiger partial charge in [0.05, 0.1) is 5.75 Å². The minimum Gasteiger partial charge on any atom is -0.480 e. The molecule has 118 valence electrons. The molecule has 0 saturated heterocycles. The Morgan fingerprint density at radius 1 is 1.50 bits per heavy atom. The second kappa shape index (κ2) is 6.87. The van der Waals surface area contributed by atoms with Gasteiger partial charge in [-0.15, -0.1) is 0 Å². The lowest BCUT2D eigenvalue weighted by Crippen LogP contribution is -2.51. The van der Waals surface area contributed by atoms with E-state index in [1.165, 1.54) is 6.26 Å². The van der Waals surface area contributed by atoms with E-state index < -0.39 is 21.3 Å². The molecule has 7 heteroatoms. The second-order valence-electron chi connectivity index (χ2n) is 5.82. The Balaban J connectivity index is 2.61. The van der Waals surface area contributed by atoms with Crippen LogP contribution < -0.4 is 5.32 Å². The summed E-state index contributed by atoms with van der Waals surface area (Å²) in [7, 11) is -1.11. The highest BCUT2D eigenvalue weighted by Gasteiger charge is 2.45. The van der Waals surface area contributed by atoms with Crippen LogP contribution in [0, 0.1) is 0 Å². The molecule has 0 spiro atoms. The highest BCUT2D eigenvalue weighted by atomic mass is 32.2. The van der Waals surface area contributed by atoms with Crippen molar-refractivity contribution < 1.29 is 18.3 Å². The van der Waals surface area contributed by atoms with E-state index in [4.69, 9.17) is 0 Å². The minimum atomic E-state index is -2.98. The van der Waals surface area contributed by atoms with Crippen LogP contribution in [0.3, 0.4) is 0 Å². The van der Waals surface area contributed by atoms with Crippen molar-refractivity contribution in [1.82, 2.24) is 10.2 Å². The summed E-state index contributed by atoms with van der Waals surface area (Å²) in [6, 6.07) is 0.122. The number of hydrogen-bond donors (Lipinski definition) is 2. The van der Waals surface area contributed by atoms with Crippen molar-refractivity contribution in [2.75, 3.05) is 32.1 Å². The maximum Gasteiger partial charge on any atom is 0.323 e. The molecule has 0 aromatic heterocycles. The Morgan fingerprint density at radius 3 is 2.65 bits per heavy atom. The van der Waals surface area contributed by atoms with Gasteiger partial charge in [-0.3, -0.25) is 4.79 Å². The number of sulfone groups is 1. The fourth-order valence-electron chi connectivity index (χ4n) is 2.68. The van der Waals surface area contributed by atoms with Crippen LogP contribution in [0.1, 0.15) is 32.6 Å². The lowest BCUT2D eigenvalue weighted by molar-refractivity contribution is -0.144. The maximum absolute atomic E-state index is 11.5. The fraction of sp³-hybridized carbons (Fsp3) is 0.923. The third-order valence-corrected chi connectivity index (χ3v) is 4.97. The molecule has 0 heterocycles. The summed E-state index contributed by atoms with van der Waals surface area (Å²) in [6.45, 7) is 3.15. The predicted octanol–water partition coefficient (Wildman–Crippen LogP) is 0.338. The summed E-state index contributed by atoms with van der Waals surface area (Å²) < 4.78 is 22.4. The first-order valence-electron chi connectivity index (χ1n) is 7.06. The highest BCUT2D eigenvalue weighted by molar-refractivity contribution is 7.90. The van der Waals surface area contributed by atoms with E-state index in [0.29, 0.717) is 25.9 Å². The molecule has 1 aliphatic rings. The number of carboxylic acids is 1. The molecule has 6 nitrogen and oxygen atoms in total. The topological polar surface area (TPSA) is 86.7 Å². The van der Waals surface area contributed by atoms with E-state index >= 15 is 0 Å². The molecule has 0 bridgehead atoms. The Kier molecular flexibility index (Phi) is 5.97. The normalized spacial score (nSPS) is 27.1. The van der Waals surface area contributed by atoms with E-state index in [9.17, 15) is 18.3 Å². The Labute approximate surface area is 121 Å². The SMILES string of the molecule is CCCNC1(C(=O)O)CCC(N(C)CCS(C)(=O)=O)C1. The summed E-state index contributed by atoms with van der Waals surface area (Å²) in [6.07, 6.45) is 4.02. The number of nitrogens with zero attached hydrogens (tertiary/aromatic N) is 1. The van der Waals surface area contributed by atoms with E-state index in [-0.39, 0.29) is 11.8 Å². The van der Waals surface area contributed by atoms with Gasteiger partial charge < -0.3 is 15.3 Å². The van der Waals surface area contributed by atoms with Gasteiger partial charge in [-0.2, -0.15) is 0 Å². The van der Waals surface area contributed by atoms with Crippen molar-refractivity contribution in [2.45, 2.75) is 44.2 Å². The van der Waals surface area contributed by atoms with Crippen LogP contribution in [-0.2, 0) is 14.6 Å². The Bertz CT molecular complexity index is 438. The summed E-state index contributed by atoms with van der Waals surface area (Å²) in [5, 5.41) is 12.6. The van der Waals surface area contributed by atoms with Gasteiger partial charge in [-0.1, -0.05) is 6.92 Å². The Hall–Kier alpha value is -0.660. The molecular formula is C13H26N2O4S. The van der Waals surface area contributed by atoms with E-state index in [2.05, 4.69) is 5.32 Å². The minimum absolute atomic E-state index is 0.114. The van der Waals surface area contributed by atoms with Crippen molar-refractivity contribution in [2.24, 2.45) is 0 Å². The molecule has 2 unspecified atom stereocenters. The fourth-order valence-corrected chi connectivity index (χ4v) is 3.30. The Morgan fingerprint density at radius 2 is 2.15 bits per heavy atom. The summed E-state index contributed by atoms with van der Waals surface area (Å²) in [4.78, 5) is 13.5. The van der Waals surface area contributed by atoms with Gasteiger partial charge in [-0.25, -0.2) is 8.42 Å². The largest absolute Gasteiger partial charge is 0.480 e. The molecule has 0 aromatic carbocycles. The monoisotopic (exact) mass is 306 g/mol. The molecule has 1 rings (SSSR count). The molecule has 1 saturated carbocycles. The number of aliphatic carboxylic acids is 1. The van der Waals surface area contributed by atoms with Crippen molar-refractivity contribution in [1.29, 1.82) is 0 Å². The van der Waals surface area contributed by atoms with Crippen LogP contribution in [-0.4, -0.2) is 68.1 Å². The zero-order valence-corrected chi connectivity index (χ0v) is 13.4. The average Bonchev–Trinajstić information content (AvgIpc) is 2.78. The van der Waals surface area contributed by atoms with Gasteiger partial charge in [0.15, 0.2) is 0 Å². The lowest BCUT2D eigenvalue weighted by atomic mass is 9.97. The van der Waals surface area contributed by atoms with Gasteiger partial charge in [0.25, 0.3) is 0 Å². The number of hydrogen-bond acceptors (Lipinski definition) is 5. The predicted molar refractivity (Wildman–Crippen MR) is 78.6 cm³/mol. The van der Waals surface area contributed by atoms with Crippen molar-refractivity contribution in [3.63, 3.8) is 0 Å². The van der Waals surface area contributed by atoms with E-state index in [0.717, 1.165) is 12.8 Å². The number of nitrogens with one attached hydrogen (secondary N) is 1. The molecule has 0 aliphatic heterocycles. The first-order chi connectivity index (χ1) is 9.20. The smallest absolute Gasteiger partial charge is 0.323 e. The number of carbonyl (C=O) groups is 1. The van der Waals surface area contributed by atoms with Crippen LogP contribution in [0.2, 0.25) is 0 Å². The van der Waals surface area contributed by atoms with Gasteiger partial charge in [0.2, 0.25) is 0 Å². The molecule has 0 aromatic rings. The molecule has 1 fully saturated rings. The molecule has 1 aliphatic carbocycles. The summed E-state index contributed by atoms with van der Waals surface area (Å²) >= 11 is 0. The van der Waals surface area contributed by atoms with Gasteiger partial charge in [0, 0.05) is 18.8 Å². The van der Waals surface area contributed by atoms with Gasteiger partial charge in [0.1, 0.15) is 15.4 Å². The second-order valence-corrected chi connectivity index (χ2v) is 8.08. The highest BCUT2D eigenvalue weighted by Crippen LogP contribution is 2.33. The van der Waals surface area contributed by atoms with Crippen molar-refractivity contribution >= 4 is 15.8 Å². The van der Waals surface area contributed by atoms with E-state index in [1.54, 1.807) is 0 Å². The summed E-state index contributed by atoms with van der Waals surface area (Å²) in [5.41, 5.74) is -0.847. The molecule has 20 heavy (non-hydrogen) atoms. The molecule has 0 radical (unpaired) electrons. The van der Waals surface area contributed by atoms with Crippen LogP contribution in [0.25, 0.3) is 0 Å². The van der Waals surface area contributed by atoms with Crippen LogP contribution in [0.4, 0.5) is 0 Å². The lowest BCUT2D eigenvalue weighted by Gasteiger charge is -2.28. The first-order valence-corrected chi connectivity index (χ1v) is 9.12. The zero-order valence-electron chi connectivity index (χ0n) is 12.6. The average molecular weight is 306 g/mol. The number of rotatable bonds is 8. The zero-order chi connectivity index (χ0) is 15.4. The van der Waals surface area contributed by atoms with Crippen molar-refractivity contribution in [3.05, 3.63) is 0 Å². The number of carboxylic acid groups (broad SMARTS) is 1. The third-order valence-electron chi connectivity index (χ3n) is 4.05. The standard InChI is InChI=1S/C13H26N2O4S/c1-4-7-14-13(12(16)17)6-5-11(10-13)15(2)8-9-20(3,18)19/h11,14H,4-10H2,1-3H3,(H,16,17). The van der Waals surface area contributed by atoms with Crippen LogP contribution in [0.15, 0.2) is 0 Å². The molecular weight excluding hydrogens is 280 g/mol. The quantitative estimate of drug-likeness (QED) is 0.672. The molecule has 2 atom stereocenters. The third kappa shape index (κ3) is 4.71. The molecule has 0 amide bonds. The van der Waals surface area contributed by atoms with Gasteiger partial charge >= 0.3 is 5.97 Å². The van der Waals surface area contributed by atoms with Crippen LogP contribution in [0.5, 0.6) is 0 Å². The first kappa shape index (κ1) is 17.4.